The van der Waals surface area contributed by atoms with Crippen LogP contribution in [0.5, 0.6) is 0 Å². The molecule has 2 aromatic heterocycles. The van der Waals surface area contributed by atoms with Gasteiger partial charge >= 0.3 is 0 Å². The number of anilines is 1. The van der Waals surface area contributed by atoms with Gasteiger partial charge in [0.15, 0.2) is 28.4 Å². The third-order valence-corrected chi connectivity index (χ3v) is 4.85. The number of aromatic nitrogens is 4. The van der Waals surface area contributed by atoms with Crippen LogP contribution in [0.3, 0.4) is 0 Å². The maximum absolute atomic E-state index is 13.7. The van der Waals surface area contributed by atoms with Gasteiger partial charge in [0.2, 0.25) is 5.91 Å². The van der Waals surface area contributed by atoms with Crippen molar-refractivity contribution in [3.05, 3.63) is 54.1 Å². The molecule has 3 rings (SSSR count). The van der Waals surface area contributed by atoms with Gasteiger partial charge in [-0.15, -0.1) is 10.2 Å². The predicted octanol–water partition coefficient (Wildman–Crippen LogP) is 3.41. The maximum atomic E-state index is 13.7. The molecule has 2 heterocycles. The highest BCUT2D eigenvalue weighted by Gasteiger charge is 2.22. The largest absolute Gasteiger partial charge is 0.323 e. The number of nitrogens with one attached hydrogen (secondary N) is 1. The first-order valence-corrected chi connectivity index (χ1v) is 8.67. The Bertz CT molecular complexity index is 980. The number of hydrogen-bond donors (Lipinski definition) is 1. The van der Waals surface area contributed by atoms with Crippen LogP contribution >= 0.6 is 11.8 Å². The second kappa shape index (κ2) is 7.78. The first-order valence-electron chi connectivity index (χ1n) is 7.79. The molecular formula is C17H14F3N5OS. The molecule has 1 N–H and O–H groups in total. The Balaban J connectivity index is 1.72. The normalized spacial score (nSPS) is 12.0. The van der Waals surface area contributed by atoms with Crippen molar-refractivity contribution >= 4 is 23.4 Å². The molecule has 140 valence electrons. The van der Waals surface area contributed by atoms with Crippen LogP contribution in [0.4, 0.5) is 18.9 Å². The summed E-state index contributed by atoms with van der Waals surface area (Å²) in [6.45, 7) is 1.58. The van der Waals surface area contributed by atoms with Crippen molar-refractivity contribution < 1.29 is 18.0 Å². The van der Waals surface area contributed by atoms with Gasteiger partial charge in [0, 0.05) is 25.0 Å². The standard InChI is InChI=1S/C17H14F3N5OS/c1-9(16(26)22-12-4-3-11(18)13(19)14(12)20)27-17-24-23-15(25(17)2)10-5-7-21-8-6-10/h3-9H,1-2H3,(H,22,26)/t9-/m0/s1. The lowest BCUT2D eigenvalue weighted by Crippen LogP contribution is -2.23. The molecule has 27 heavy (non-hydrogen) atoms. The molecule has 0 aliphatic heterocycles. The molecule has 6 nitrogen and oxygen atoms in total. The number of halogens is 3. The van der Waals surface area contributed by atoms with Gasteiger partial charge in [0.05, 0.1) is 10.9 Å². The van der Waals surface area contributed by atoms with Crippen molar-refractivity contribution in [3.63, 3.8) is 0 Å². The van der Waals surface area contributed by atoms with Gasteiger partial charge in [-0.25, -0.2) is 13.2 Å². The molecule has 3 aromatic rings. The summed E-state index contributed by atoms with van der Waals surface area (Å²) >= 11 is 1.10. The second-order valence-electron chi connectivity index (χ2n) is 5.57. The predicted molar refractivity (Wildman–Crippen MR) is 94.5 cm³/mol. The highest BCUT2D eigenvalue weighted by Crippen LogP contribution is 2.27. The number of benzene rings is 1. The number of rotatable bonds is 5. The molecule has 1 aromatic carbocycles. The van der Waals surface area contributed by atoms with Gasteiger partial charge in [0.1, 0.15) is 0 Å². The molecular weight excluding hydrogens is 379 g/mol. The van der Waals surface area contributed by atoms with Crippen LogP contribution in [0.1, 0.15) is 6.92 Å². The smallest absolute Gasteiger partial charge is 0.237 e. The van der Waals surface area contributed by atoms with E-state index in [2.05, 4.69) is 20.5 Å². The summed E-state index contributed by atoms with van der Waals surface area (Å²) in [5.74, 6) is -4.39. The molecule has 0 bridgehead atoms. The Hall–Kier alpha value is -2.88. The molecule has 0 aliphatic rings. The number of amides is 1. The molecule has 0 fully saturated rings. The Morgan fingerprint density at radius 1 is 1.11 bits per heavy atom. The summed E-state index contributed by atoms with van der Waals surface area (Å²) < 4.78 is 41.7. The van der Waals surface area contributed by atoms with Crippen LogP contribution in [0.2, 0.25) is 0 Å². The van der Waals surface area contributed by atoms with E-state index < -0.39 is 34.3 Å². The fourth-order valence-corrected chi connectivity index (χ4v) is 3.05. The third-order valence-electron chi connectivity index (χ3n) is 3.72. The lowest BCUT2D eigenvalue weighted by Gasteiger charge is -2.12. The monoisotopic (exact) mass is 393 g/mol. The Morgan fingerprint density at radius 2 is 1.81 bits per heavy atom. The first-order chi connectivity index (χ1) is 12.9. The zero-order chi connectivity index (χ0) is 19.6. The van der Waals surface area contributed by atoms with Gasteiger partial charge in [-0.05, 0) is 31.2 Å². The third kappa shape index (κ3) is 3.95. The van der Waals surface area contributed by atoms with Crippen molar-refractivity contribution in [2.45, 2.75) is 17.3 Å². The van der Waals surface area contributed by atoms with Crippen molar-refractivity contribution in [2.75, 3.05) is 5.32 Å². The van der Waals surface area contributed by atoms with E-state index in [4.69, 9.17) is 0 Å². The number of nitrogens with zero attached hydrogens (tertiary/aromatic N) is 4. The summed E-state index contributed by atoms with van der Waals surface area (Å²) in [7, 11) is 1.75. The van der Waals surface area contributed by atoms with E-state index in [-0.39, 0.29) is 0 Å². The molecule has 0 saturated heterocycles. The lowest BCUT2D eigenvalue weighted by atomic mass is 10.2. The summed E-state index contributed by atoms with van der Waals surface area (Å²) in [5.41, 5.74) is 0.384. The SMILES string of the molecule is C[C@H](Sc1nnc(-c2ccncc2)n1C)C(=O)Nc1ccc(F)c(F)c1F. The number of carbonyl (C=O) groups is 1. The minimum absolute atomic E-state index is 0.429. The van der Waals surface area contributed by atoms with Crippen LogP contribution in [0, 0.1) is 17.5 Å². The van der Waals surface area contributed by atoms with Crippen molar-refractivity contribution in [2.24, 2.45) is 7.05 Å². The van der Waals surface area contributed by atoms with Gasteiger partial charge in [-0.1, -0.05) is 11.8 Å². The minimum Gasteiger partial charge on any atom is -0.323 e. The second-order valence-corrected chi connectivity index (χ2v) is 6.88. The number of thioether (sulfide) groups is 1. The van der Waals surface area contributed by atoms with E-state index in [1.807, 2.05) is 0 Å². The van der Waals surface area contributed by atoms with Crippen molar-refractivity contribution in [1.29, 1.82) is 0 Å². The van der Waals surface area contributed by atoms with Crippen LogP contribution in [0.25, 0.3) is 11.4 Å². The van der Waals surface area contributed by atoms with E-state index in [9.17, 15) is 18.0 Å². The lowest BCUT2D eigenvalue weighted by molar-refractivity contribution is -0.115. The Labute approximate surface area is 156 Å². The highest BCUT2D eigenvalue weighted by molar-refractivity contribution is 8.00. The van der Waals surface area contributed by atoms with Crippen LogP contribution in [-0.4, -0.2) is 30.9 Å². The summed E-state index contributed by atoms with van der Waals surface area (Å²) in [4.78, 5) is 16.2. The van der Waals surface area contributed by atoms with Gasteiger partial charge < -0.3 is 9.88 Å². The van der Waals surface area contributed by atoms with Crippen LogP contribution in [-0.2, 0) is 11.8 Å². The topological polar surface area (TPSA) is 72.7 Å². The summed E-state index contributed by atoms with van der Waals surface area (Å²) in [6.07, 6.45) is 3.26. The Morgan fingerprint density at radius 3 is 2.52 bits per heavy atom. The van der Waals surface area contributed by atoms with Crippen molar-refractivity contribution in [1.82, 2.24) is 19.7 Å². The zero-order valence-electron chi connectivity index (χ0n) is 14.3. The summed E-state index contributed by atoms with van der Waals surface area (Å²) in [6, 6.07) is 5.27. The number of carbonyl (C=O) groups excluding carboxylic acids is 1. The van der Waals surface area contributed by atoms with Crippen molar-refractivity contribution in [3.8, 4) is 11.4 Å². The first kappa shape index (κ1) is 18.9. The molecule has 0 unspecified atom stereocenters. The van der Waals surface area contributed by atoms with E-state index in [1.165, 1.54) is 0 Å². The van der Waals surface area contributed by atoms with Crippen LogP contribution < -0.4 is 5.32 Å². The molecule has 1 amide bonds. The fourth-order valence-electron chi connectivity index (χ4n) is 2.24. The summed E-state index contributed by atoms with van der Waals surface area (Å²) in [5, 5.41) is 10.2. The highest BCUT2D eigenvalue weighted by atomic mass is 32.2. The van der Waals surface area contributed by atoms with Gasteiger partial charge in [-0.3, -0.25) is 9.78 Å². The number of pyridine rings is 1. The molecule has 0 spiro atoms. The quantitative estimate of drug-likeness (QED) is 0.531. The van der Waals surface area contributed by atoms with E-state index >= 15 is 0 Å². The molecule has 1 atom stereocenters. The van der Waals surface area contributed by atoms with E-state index in [1.54, 1.807) is 43.1 Å². The number of hydrogen-bond acceptors (Lipinski definition) is 5. The van der Waals surface area contributed by atoms with E-state index in [0.29, 0.717) is 11.0 Å². The molecule has 0 saturated carbocycles. The fraction of sp³-hybridized carbons (Fsp3) is 0.176. The van der Waals surface area contributed by atoms with Gasteiger partial charge in [-0.2, -0.15) is 0 Å². The van der Waals surface area contributed by atoms with Crippen LogP contribution in [0.15, 0.2) is 41.8 Å². The Kier molecular flexibility index (Phi) is 5.45. The zero-order valence-corrected chi connectivity index (χ0v) is 15.1. The average molecular weight is 393 g/mol. The van der Waals surface area contributed by atoms with Gasteiger partial charge in [0.25, 0.3) is 0 Å². The minimum atomic E-state index is -1.64. The molecule has 0 radical (unpaired) electrons. The average Bonchev–Trinajstić information content (AvgIpc) is 3.03. The van der Waals surface area contributed by atoms with E-state index in [0.717, 1.165) is 29.5 Å². The molecule has 10 heteroatoms. The molecule has 0 aliphatic carbocycles. The maximum Gasteiger partial charge on any atom is 0.237 e.